The van der Waals surface area contributed by atoms with Crippen LogP contribution < -0.4 is 20.1 Å². The maximum Gasteiger partial charge on any atom is 0.175 e. The Kier molecular flexibility index (Phi) is 8.70. The topological polar surface area (TPSA) is 42.5 Å². The molecule has 0 bridgehead atoms. The molecule has 0 heterocycles. The molecule has 4 nitrogen and oxygen atoms in total. The van der Waals surface area contributed by atoms with Gasteiger partial charge >= 0.3 is 0 Å². The van der Waals surface area contributed by atoms with Gasteiger partial charge in [0.2, 0.25) is 0 Å². The molecule has 0 aliphatic rings. The Morgan fingerprint density at radius 3 is 1.43 bits per heavy atom. The van der Waals surface area contributed by atoms with Crippen LogP contribution in [0.4, 0.5) is 11.4 Å². The van der Waals surface area contributed by atoms with Gasteiger partial charge in [0.25, 0.3) is 0 Å². The van der Waals surface area contributed by atoms with Crippen LogP contribution in [0, 0.1) is 0 Å². The summed E-state index contributed by atoms with van der Waals surface area (Å²) in [7, 11) is 0. The van der Waals surface area contributed by atoms with Crippen molar-refractivity contribution >= 4 is 28.7 Å². The minimum atomic E-state index is 0. The molecule has 6 heteroatoms. The van der Waals surface area contributed by atoms with Gasteiger partial charge in [-0.3, -0.25) is 0 Å². The molecule has 2 rings (SSSR count). The third-order valence-corrected chi connectivity index (χ3v) is 3.05. The first-order chi connectivity index (χ1) is 10.7. The van der Waals surface area contributed by atoms with Crippen molar-refractivity contribution in [1.29, 1.82) is 0 Å². The minimum Gasteiger partial charge on any atom is -0.494 e. The van der Waals surface area contributed by atoms with Crippen LogP contribution in [-0.2, 0) is 21.7 Å². The molecule has 0 radical (unpaired) electrons. The molecule has 120 valence electrons. The monoisotopic (exact) mass is 364 g/mol. The summed E-state index contributed by atoms with van der Waals surface area (Å²) in [5, 5.41) is 6.80. The molecule has 0 unspecified atom stereocenters. The predicted octanol–water partition coefficient (Wildman–Crippen LogP) is 4.29. The van der Waals surface area contributed by atoms with Crippen LogP contribution in [-0.4, -0.2) is 18.3 Å². The van der Waals surface area contributed by atoms with E-state index in [4.69, 9.17) is 21.7 Å². The fourth-order valence-electron chi connectivity index (χ4n) is 1.90. The first-order valence-corrected chi connectivity index (χ1v) is 7.65. The summed E-state index contributed by atoms with van der Waals surface area (Å²) in [6.07, 6.45) is 0. The van der Waals surface area contributed by atoms with Crippen molar-refractivity contribution in [2.75, 3.05) is 23.8 Å². The van der Waals surface area contributed by atoms with Crippen molar-refractivity contribution in [2.24, 2.45) is 0 Å². The Bertz CT molecular complexity index is 549. The molecule has 0 aliphatic carbocycles. The number of benzene rings is 2. The van der Waals surface area contributed by atoms with Crippen molar-refractivity contribution in [1.82, 2.24) is 0 Å². The molecule has 0 saturated carbocycles. The van der Waals surface area contributed by atoms with Gasteiger partial charge in [-0.05, 0) is 74.6 Å². The van der Waals surface area contributed by atoms with Crippen molar-refractivity contribution < 1.29 is 31.2 Å². The number of ether oxygens (including phenoxy) is 2. The van der Waals surface area contributed by atoms with E-state index in [1.807, 2.05) is 62.4 Å². The summed E-state index contributed by atoms with van der Waals surface area (Å²) < 4.78 is 10.8. The molecule has 2 aromatic rings. The largest absolute Gasteiger partial charge is 0.494 e. The molecular formula is C17H20N2O2STi. The first-order valence-electron chi connectivity index (χ1n) is 7.25. The van der Waals surface area contributed by atoms with Gasteiger partial charge in [-0.25, -0.2) is 0 Å². The molecule has 0 atom stereocenters. The molecule has 0 fully saturated rings. The van der Waals surface area contributed by atoms with E-state index in [9.17, 15) is 0 Å². The molecule has 0 aromatic heterocycles. The van der Waals surface area contributed by atoms with Crippen LogP contribution in [0.5, 0.6) is 11.5 Å². The number of hydrogen-bond donors (Lipinski definition) is 2. The van der Waals surface area contributed by atoms with Gasteiger partial charge in [0, 0.05) is 33.1 Å². The maximum absolute atomic E-state index is 5.40. The van der Waals surface area contributed by atoms with Crippen LogP contribution in [0.25, 0.3) is 0 Å². The average molecular weight is 364 g/mol. The van der Waals surface area contributed by atoms with Crippen molar-refractivity contribution in [3.05, 3.63) is 48.5 Å². The summed E-state index contributed by atoms with van der Waals surface area (Å²) >= 11 is 5.30. The van der Waals surface area contributed by atoms with Crippen molar-refractivity contribution in [3.63, 3.8) is 0 Å². The van der Waals surface area contributed by atoms with E-state index in [-0.39, 0.29) is 21.7 Å². The zero-order valence-corrected chi connectivity index (χ0v) is 15.6. The Hall–Kier alpha value is -1.56. The Morgan fingerprint density at radius 2 is 1.13 bits per heavy atom. The van der Waals surface area contributed by atoms with Gasteiger partial charge in [-0.1, -0.05) is 0 Å². The molecule has 0 spiro atoms. The summed E-state index contributed by atoms with van der Waals surface area (Å²) in [4.78, 5) is 0. The zero-order chi connectivity index (χ0) is 15.8. The van der Waals surface area contributed by atoms with Gasteiger partial charge < -0.3 is 20.1 Å². The SMILES string of the molecule is CCOc1ccc(NC(=S)Nc2ccc(OCC)cc2)cc1.[Ti]. The second kappa shape index (κ2) is 10.3. The third kappa shape index (κ3) is 6.61. The van der Waals surface area contributed by atoms with Crippen LogP contribution >= 0.6 is 12.2 Å². The van der Waals surface area contributed by atoms with Gasteiger partial charge in [-0.15, -0.1) is 0 Å². The Morgan fingerprint density at radius 1 is 0.783 bits per heavy atom. The number of anilines is 2. The summed E-state index contributed by atoms with van der Waals surface area (Å²) in [6.45, 7) is 5.24. The average Bonchev–Trinajstić information content (AvgIpc) is 2.52. The fourth-order valence-corrected chi connectivity index (χ4v) is 2.13. The Balaban J connectivity index is 0.00000264. The molecule has 2 aromatic carbocycles. The smallest absolute Gasteiger partial charge is 0.175 e. The van der Waals surface area contributed by atoms with E-state index in [0.717, 1.165) is 22.9 Å². The molecule has 23 heavy (non-hydrogen) atoms. The van der Waals surface area contributed by atoms with Crippen LogP contribution in [0.1, 0.15) is 13.8 Å². The van der Waals surface area contributed by atoms with Crippen LogP contribution in [0.15, 0.2) is 48.5 Å². The van der Waals surface area contributed by atoms with E-state index in [1.54, 1.807) is 0 Å². The molecule has 0 saturated heterocycles. The second-order valence-corrected chi connectivity index (χ2v) is 4.90. The number of rotatable bonds is 6. The molecule has 0 amide bonds. The van der Waals surface area contributed by atoms with Crippen molar-refractivity contribution in [3.8, 4) is 11.5 Å². The van der Waals surface area contributed by atoms with Crippen LogP contribution in [0.2, 0.25) is 0 Å². The summed E-state index contributed by atoms with van der Waals surface area (Å²) in [5.41, 5.74) is 1.82. The van der Waals surface area contributed by atoms with Crippen LogP contribution in [0.3, 0.4) is 0 Å². The van der Waals surface area contributed by atoms with Gasteiger partial charge in [0.15, 0.2) is 5.11 Å². The number of nitrogens with one attached hydrogen (secondary N) is 2. The minimum absolute atomic E-state index is 0. The molecule has 0 aliphatic heterocycles. The second-order valence-electron chi connectivity index (χ2n) is 4.49. The molecular weight excluding hydrogens is 344 g/mol. The number of hydrogen-bond acceptors (Lipinski definition) is 3. The van der Waals surface area contributed by atoms with E-state index in [0.29, 0.717) is 18.3 Å². The Labute approximate surface area is 157 Å². The fraction of sp³-hybridized carbons (Fsp3) is 0.235. The van der Waals surface area contributed by atoms with E-state index < -0.39 is 0 Å². The molecule has 2 N–H and O–H groups in total. The van der Waals surface area contributed by atoms with Gasteiger partial charge in [0.1, 0.15) is 11.5 Å². The van der Waals surface area contributed by atoms with E-state index in [2.05, 4.69) is 10.6 Å². The van der Waals surface area contributed by atoms with E-state index >= 15 is 0 Å². The predicted molar refractivity (Wildman–Crippen MR) is 95.1 cm³/mol. The summed E-state index contributed by atoms with van der Waals surface area (Å²) in [6, 6.07) is 15.3. The quantitative estimate of drug-likeness (QED) is 0.591. The third-order valence-electron chi connectivity index (χ3n) is 2.85. The zero-order valence-electron chi connectivity index (χ0n) is 13.3. The first kappa shape index (κ1) is 19.5. The van der Waals surface area contributed by atoms with Gasteiger partial charge in [-0.2, -0.15) is 0 Å². The summed E-state index contributed by atoms with van der Waals surface area (Å²) in [5.74, 6) is 1.69. The standard InChI is InChI=1S/C17H20N2O2S.Ti/c1-3-20-15-9-5-13(6-10-15)18-17(22)19-14-7-11-16(12-8-14)21-4-2;/h5-12H,3-4H2,1-2H3,(H2,18,19,22);. The maximum atomic E-state index is 5.40. The van der Waals surface area contributed by atoms with Crippen molar-refractivity contribution in [2.45, 2.75) is 13.8 Å². The van der Waals surface area contributed by atoms with Gasteiger partial charge in [0.05, 0.1) is 13.2 Å². The normalized spacial score (nSPS) is 9.48. The van der Waals surface area contributed by atoms with E-state index in [1.165, 1.54) is 0 Å². The number of thiocarbonyl (C=S) groups is 1.